The van der Waals surface area contributed by atoms with E-state index in [-0.39, 0.29) is 16.8 Å². The van der Waals surface area contributed by atoms with Gasteiger partial charge in [-0.2, -0.15) is 0 Å². The highest BCUT2D eigenvalue weighted by Gasteiger charge is 2.26. The molecule has 30 heavy (non-hydrogen) atoms. The summed E-state index contributed by atoms with van der Waals surface area (Å²) in [6, 6.07) is 12.0. The standard InChI is InChI=1S/C21H24BrFN2O4S/c22-19-4-1-2-5-20(19)29-15-3-6-21(26)25-13-11-17(12-14-25)24-30(27,28)18-9-7-16(23)8-10-18/h1-2,4-5,7-10,17,24H,3,6,11-15H2. The summed E-state index contributed by atoms with van der Waals surface area (Å²) >= 11 is 3.42. The van der Waals surface area contributed by atoms with Crippen molar-refractivity contribution in [3.8, 4) is 5.75 Å². The number of halogens is 2. The fourth-order valence-corrected chi connectivity index (χ4v) is 4.98. The number of benzene rings is 2. The van der Waals surface area contributed by atoms with E-state index in [1.54, 1.807) is 4.90 Å². The van der Waals surface area contributed by atoms with Gasteiger partial charge >= 0.3 is 0 Å². The molecule has 0 spiro atoms. The summed E-state index contributed by atoms with van der Waals surface area (Å²) in [5.41, 5.74) is 0. The highest BCUT2D eigenvalue weighted by molar-refractivity contribution is 9.10. The first-order valence-electron chi connectivity index (χ1n) is 9.78. The van der Waals surface area contributed by atoms with Crippen molar-refractivity contribution in [2.75, 3.05) is 19.7 Å². The molecule has 0 aliphatic carbocycles. The molecule has 3 rings (SSSR count). The van der Waals surface area contributed by atoms with Crippen LogP contribution in [0.15, 0.2) is 57.9 Å². The third-order valence-electron chi connectivity index (χ3n) is 4.92. The number of likely N-dealkylation sites (tertiary alicyclic amines) is 1. The molecule has 2 aromatic rings. The molecule has 1 N–H and O–H groups in total. The van der Waals surface area contributed by atoms with Crippen LogP contribution in [0.4, 0.5) is 4.39 Å². The van der Waals surface area contributed by atoms with Gasteiger partial charge < -0.3 is 9.64 Å². The van der Waals surface area contributed by atoms with E-state index in [1.807, 2.05) is 24.3 Å². The van der Waals surface area contributed by atoms with E-state index in [1.165, 1.54) is 12.1 Å². The van der Waals surface area contributed by atoms with Crippen molar-refractivity contribution in [3.05, 3.63) is 58.8 Å². The summed E-state index contributed by atoms with van der Waals surface area (Å²) in [4.78, 5) is 14.2. The molecule has 0 bridgehead atoms. The van der Waals surface area contributed by atoms with E-state index < -0.39 is 15.8 Å². The first kappa shape index (κ1) is 22.7. The molecule has 1 heterocycles. The zero-order valence-corrected chi connectivity index (χ0v) is 18.8. The molecule has 6 nitrogen and oxygen atoms in total. The highest BCUT2D eigenvalue weighted by Crippen LogP contribution is 2.24. The van der Waals surface area contributed by atoms with Gasteiger partial charge in [-0.1, -0.05) is 12.1 Å². The molecule has 9 heteroatoms. The summed E-state index contributed by atoms with van der Waals surface area (Å²) in [5.74, 6) is 0.312. The molecule has 0 atom stereocenters. The average molecular weight is 499 g/mol. The Bertz CT molecular complexity index is 961. The fourth-order valence-electron chi connectivity index (χ4n) is 3.27. The lowest BCUT2D eigenvalue weighted by Gasteiger charge is -2.32. The second-order valence-electron chi connectivity index (χ2n) is 7.11. The Morgan fingerprint density at radius 2 is 1.80 bits per heavy atom. The molecular weight excluding hydrogens is 475 g/mol. The Morgan fingerprint density at radius 3 is 2.47 bits per heavy atom. The largest absolute Gasteiger partial charge is 0.492 e. The number of carbonyl (C=O) groups is 1. The van der Waals surface area contributed by atoms with Crippen molar-refractivity contribution in [2.45, 2.75) is 36.6 Å². The zero-order chi connectivity index (χ0) is 21.6. The van der Waals surface area contributed by atoms with Crippen LogP contribution in [0.2, 0.25) is 0 Å². The Kier molecular flexibility index (Phi) is 7.85. The van der Waals surface area contributed by atoms with Crippen molar-refractivity contribution in [1.82, 2.24) is 9.62 Å². The van der Waals surface area contributed by atoms with Crippen LogP contribution in [0, 0.1) is 5.82 Å². The predicted molar refractivity (Wildman–Crippen MR) is 115 cm³/mol. The smallest absolute Gasteiger partial charge is 0.240 e. The van der Waals surface area contributed by atoms with Crippen LogP contribution < -0.4 is 9.46 Å². The Labute approximate surface area is 184 Å². The Balaban J connectivity index is 1.40. The molecule has 162 valence electrons. The van der Waals surface area contributed by atoms with Gasteiger partial charge in [0.15, 0.2) is 0 Å². The van der Waals surface area contributed by atoms with E-state index in [9.17, 15) is 17.6 Å². The van der Waals surface area contributed by atoms with Crippen LogP contribution in [0.3, 0.4) is 0 Å². The normalized spacial score (nSPS) is 15.2. The Hall–Kier alpha value is -1.97. The molecule has 1 aliphatic rings. The van der Waals surface area contributed by atoms with Crippen molar-refractivity contribution < 1.29 is 22.3 Å². The molecule has 2 aromatic carbocycles. The fraction of sp³-hybridized carbons (Fsp3) is 0.381. The van der Waals surface area contributed by atoms with Gasteiger partial charge in [0.2, 0.25) is 15.9 Å². The topological polar surface area (TPSA) is 75.7 Å². The molecule has 0 radical (unpaired) electrons. The van der Waals surface area contributed by atoms with Gasteiger partial charge in [0, 0.05) is 25.6 Å². The van der Waals surface area contributed by atoms with Crippen LogP contribution in [-0.2, 0) is 14.8 Å². The number of hydrogen-bond donors (Lipinski definition) is 1. The molecular formula is C21H24BrFN2O4S. The summed E-state index contributed by atoms with van der Waals surface area (Å²) < 4.78 is 47.0. The van der Waals surface area contributed by atoms with Crippen LogP contribution in [0.5, 0.6) is 5.75 Å². The van der Waals surface area contributed by atoms with Crippen molar-refractivity contribution >= 4 is 31.9 Å². The lowest BCUT2D eigenvalue weighted by Crippen LogP contribution is -2.46. The molecule has 1 amide bonds. The molecule has 1 fully saturated rings. The molecule has 1 aliphatic heterocycles. The van der Waals surface area contributed by atoms with Gasteiger partial charge in [-0.05, 0) is 71.6 Å². The van der Waals surface area contributed by atoms with Crippen LogP contribution in [0.1, 0.15) is 25.7 Å². The number of amides is 1. The predicted octanol–water partition coefficient (Wildman–Crippen LogP) is 3.72. The summed E-state index contributed by atoms with van der Waals surface area (Å²) in [6.45, 7) is 1.45. The maximum Gasteiger partial charge on any atom is 0.240 e. The van der Waals surface area contributed by atoms with E-state index >= 15 is 0 Å². The lowest BCUT2D eigenvalue weighted by molar-refractivity contribution is -0.132. The number of nitrogens with one attached hydrogen (secondary N) is 1. The van der Waals surface area contributed by atoms with Crippen molar-refractivity contribution in [2.24, 2.45) is 0 Å². The van der Waals surface area contributed by atoms with E-state index in [4.69, 9.17) is 4.74 Å². The first-order chi connectivity index (χ1) is 14.3. The van der Waals surface area contributed by atoms with Crippen molar-refractivity contribution in [3.63, 3.8) is 0 Å². The first-order valence-corrected chi connectivity index (χ1v) is 12.1. The monoisotopic (exact) mass is 498 g/mol. The number of hydrogen-bond acceptors (Lipinski definition) is 4. The molecule has 0 saturated carbocycles. The summed E-state index contributed by atoms with van der Waals surface area (Å²) in [7, 11) is -3.70. The van der Waals surface area contributed by atoms with Gasteiger partial charge in [0.1, 0.15) is 11.6 Å². The highest BCUT2D eigenvalue weighted by atomic mass is 79.9. The second-order valence-corrected chi connectivity index (χ2v) is 9.68. The van der Waals surface area contributed by atoms with Gasteiger partial charge in [-0.15, -0.1) is 0 Å². The van der Waals surface area contributed by atoms with Gasteiger partial charge in [-0.3, -0.25) is 4.79 Å². The summed E-state index contributed by atoms with van der Waals surface area (Å²) in [6.07, 6.45) is 2.08. The maximum absolute atomic E-state index is 13.0. The van der Waals surface area contributed by atoms with Crippen LogP contribution in [0.25, 0.3) is 0 Å². The van der Waals surface area contributed by atoms with Crippen molar-refractivity contribution in [1.29, 1.82) is 0 Å². The second kappa shape index (κ2) is 10.4. The van der Waals surface area contributed by atoms with Gasteiger partial charge in [-0.25, -0.2) is 17.5 Å². The number of para-hydroxylation sites is 1. The lowest BCUT2D eigenvalue weighted by atomic mass is 10.1. The van der Waals surface area contributed by atoms with E-state index in [0.29, 0.717) is 45.4 Å². The molecule has 0 unspecified atom stereocenters. The minimum atomic E-state index is -3.70. The quantitative estimate of drug-likeness (QED) is 0.562. The van der Waals surface area contributed by atoms with E-state index in [0.717, 1.165) is 22.4 Å². The minimum absolute atomic E-state index is 0.0347. The van der Waals surface area contributed by atoms with Gasteiger partial charge in [0.25, 0.3) is 0 Å². The average Bonchev–Trinajstić information content (AvgIpc) is 2.73. The number of piperidine rings is 1. The molecule has 0 aromatic heterocycles. The zero-order valence-electron chi connectivity index (χ0n) is 16.4. The molecule has 1 saturated heterocycles. The van der Waals surface area contributed by atoms with Crippen LogP contribution >= 0.6 is 15.9 Å². The van der Waals surface area contributed by atoms with Crippen LogP contribution in [-0.4, -0.2) is 45.0 Å². The minimum Gasteiger partial charge on any atom is -0.492 e. The van der Waals surface area contributed by atoms with Gasteiger partial charge in [0.05, 0.1) is 16.0 Å². The third kappa shape index (κ3) is 6.26. The number of nitrogens with zero attached hydrogens (tertiary/aromatic N) is 1. The maximum atomic E-state index is 13.0. The number of rotatable bonds is 8. The van der Waals surface area contributed by atoms with E-state index in [2.05, 4.69) is 20.7 Å². The third-order valence-corrected chi connectivity index (χ3v) is 7.11. The number of carbonyl (C=O) groups excluding carboxylic acids is 1. The SMILES string of the molecule is O=C(CCCOc1ccccc1Br)N1CCC(NS(=O)(=O)c2ccc(F)cc2)CC1. The number of ether oxygens (including phenoxy) is 1. The summed E-state index contributed by atoms with van der Waals surface area (Å²) in [5, 5.41) is 0. The number of sulfonamides is 1. The Morgan fingerprint density at radius 1 is 1.13 bits per heavy atom.